The highest BCUT2D eigenvalue weighted by Gasteiger charge is 2.32. The second-order valence-electron chi connectivity index (χ2n) is 10.4. The molecule has 2 aromatic rings. The predicted molar refractivity (Wildman–Crippen MR) is 165 cm³/mol. The van der Waals surface area contributed by atoms with Crippen LogP contribution in [-0.4, -0.2) is 109 Å². The van der Waals surface area contributed by atoms with E-state index in [0.29, 0.717) is 12.1 Å². The Morgan fingerprint density at radius 3 is 1.98 bits per heavy atom. The largest absolute Gasteiger partial charge is 0.381 e. The Morgan fingerprint density at radius 2 is 1.43 bits per heavy atom. The number of ketones is 1. The fraction of sp³-hybridized carbons (Fsp3) is 0.393. The lowest BCUT2D eigenvalue weighted by molar-refractivity contribution is -0.132. The molecule has 18 heteroatoms. The Kier molecular flexibility index (Phi) is 13.2. The van der Waals surface area contributed by atoms with Crippen LogP contribution >= 0.6 is 0 Å². The first kappa shape index (κ1) is 36.6. The molecule has 0 aliphatic carbocycles. The number of sulfonamides is 2. The second kappa shape index (κ2) is 16.6. The number of ether oxygens (including phenoxy) is 1. The number of nitrogens with zero attached hydrogens (tertiary/aromatic N) is 3. The van der Waals surface area contributed by atoms with Crippen LogP contribution in [0.15, 0.2) is 58.3 Å². The number of carbonyl (C=O) groups is 5. The topological polar surface area (TPSA) is 237 Å². The van der Waals surface area contributed by atoms with Crippen LogP contribution in [0.4, 0.5) is 11.4 Å². The Hall–Kier alpha value is -3.91. The molecule has 1 aliphatic rings. The highest BCUT2D eigenvalue weighted by Crippen LogP contribution is 2.20. The third-order valence-corrected chi connectivity index (χ3v) is 8.59. The normalized spacial score (nSPS) is 14.5. The summed E-state index contributed by atoms with van der Waals surface area (Å²) in [7, 11) is -7.86. The summed E-state index contributed by atoms with van der Waals surface area (Å²) in [6, 6.07) is 10.2. The molecule has 0 saturated carbocycles. The molecule has 0 bridgehead atoms. The van der Waals surface area contributed by atoms with Gasteiger partial charge in [0, 0.05) is 38.2 Å². The highest BCUT2D eigenvalue weighted by atomic mass is 32.2. The third kappa shape index (κ3) is 11.5. The summed E-state index contributed by atoms with van der Waals surface area (Å²) in [5, 5.41) is 12.8. The Labute approximate surface area is 266 Å². The minimum Gasteiger partial charge on any atom is -0.381 e. The predicted octanol–water partition coefficient (Wildman–Crippen LogP) is -0.948. The molecule has 1 fully saturated rings. The summed E-state index contributed by atoms with van der Waals surface area (Å²) in [5.41, 5.74) is 0.499. The molecule has 0 radical (unpaired) electrons. The van der Waals surface area contributed by atoms with Gasteiger partial charge in [0.2, 0.25) is 37.8 Å². The molecule has 46 heavy (non-hydrogen) atoms. The van der Waals surface area contributed by atoms with Gasteiger partial charge in [0.25, 0.3) is 0 Å². The summed E-state index contributed by atoms with van der Waals surface area (Å²) < 4.78 is 51.3. The Bertz CT molecular complexity index is 1610. The average Bonchev–Trinajstić information content (AvgIpc) is 2.97. The van der Waals surface area contributed by atoms with E-state index in [9.17, 15) is 40.8 Å². The van der Waals surface area contributed by atoms with Crippen molar-refractivity contribution in [3.05, 3.63) is 48.5 Å². The van der Waals surface area contributed by atoms with Gasteiger partial charge in [-0.25, -0.2) is 32.0 Å². The van der Waals surface area contributed by atoms with Crippen molar-refractivity contribution in [2.45, 2.75) is 29.1 Å². The van der Waals surface area contributed by atoms with E-state index in [1.807, 2.05) is 0 Å². The molecule has 5 N–H and O–H groups in total. The Morgan fingerprint density at radius 1 is 0.870 bits per heavy atom. The second-order valence-corrected chi connectivity index (χ2v) is 13.5. The lowest BCUT2D eigenvalue weighted by Crippen LogP contribution is -2.55. The summed E-state index contributed by atoms with van der Waals surface area (Å²) >= 11 is 0. The van der Waals surface area contributed by atoms with Crippen molar-refractivity contribution >= 4 is 61.2 Å². The highest BCUT2D eigenvalue weighted by molar-refractivity contribution is 7.89. The molecule has 1 saturated heterocycles. The van der Waals surface area contributed by atoms with Gasteiger partial charge in [-0.05, 0) is 55.0 Å². The molecule has 250 valence electrons. The number of hydrogen-bond donors (Lipinski definition) is 3. The number of piperazine rings is 1. The minimum absolute atomic E-state index is 0.107. The van der Waals surface area contributed by atoms with E-state index in [0.717, 1.165) is 11.2 Å². The monoisotopic (exact) mass is 680 g/mol. The molecule has 16 nitrogen and oxygen atoms in total. The standard InChI is InChI=1S/C28H36N6O10S2/c29-45(40,41)24-8-4-21(5-9-24)31-26(37)18-32(17-23(36)3-1-15-44-16-2-14-35)12-13-33-19-27(38)34(28(39)20-33)22-6-10-25(11-7-22)46(30,42)43/h4-11,14H,1-3,12-13,15-20H2,(H,31,37)(H2,29,40,41)(H2,30,42,43). The molecule has 2 aromatic carbocycles. The molecule has 3 rings (SSSR count). The maximum Gasteiger partial charge on any atom is 0.247 e. The number of hydrogen-bond acceptors (Lipinski definition) is 12. The van der Waals surface area contributed by atoms with E-state index in [2.05, 4.69) is 5.32 Å². The maximum atomic E-state index is 12.9. The zero-order valence-electron chi connectivity index (χ0n) is 24.9. The van der Waals surface area contributed by atoms with Crippen molar-refractivity contribution in [3.63, 3.8) is 0 Å². The van der Waals surface area contributed by atoms with Crippen molar-refractivity contribution in [1.29, 1.82) is 0 Å². The van der Waals surface area contributed by atoms with Gasteiger partial charge in [0.1, 0.15) is 12.1 Å². The molecule has 0 aromatic heterocycles. The number of imide groups is 1. The Balaban J connectivity index is 1.62. The molecule has 0 atom stereocenters. The van der Waals surface area contributed by atoms with E-state index in [4.69, 9.17) is 15.0 Å². The van der Waals surface area contributed by atoms with Gasteiger partial charge >= 0.3 is 0 Å². The third-order valence-electron chi connectivity index (χ3n) is 6.73. The number of anilines is 2. The molecular weight excluding hydrogens is 644 g/mol. The van der Waals surface area contributed by atoms with E-state index in [1.54, 1.807) is 9.80 Å². The summed E-state index contributed by atoms with van der Waals surface area (Å²) in [5.74, 6) is -1.76. The molecule has 0 spiro atoms. The van der Waals surface area contributed by atoms with Gasteiger partial charge in [0.15, 0.2) is 0 Å². The van der Waals surface area contributed by atoms with Crippen molar-refractivity contribution in [3.8, 4) is 0 Å². The molecule has 1 heterocycles. The smallest absolute Gasteiger partial charge is 0.247 e. The number of benzene rings is 2. The van der Waals surface area contributed by atoms with E-state index < -0.39 is 37.8 Å². The maximum absolute atomic E-state index is 12.9. The molecule has 3 amide bonds. The lowest BCUT2D eigenvalue weighted by atomic mass is 10.2. The van der Waals surface area contributed by atoms with E-state index in [-0.39, 0.29) is 86.6 Å². The van der Waals surface area contributed by atoms with Gasteiger partial charge in [-0.3, -0.25) is 29.0 Å². The zero-order chi connectivity index (χ0) is 33.9. The van der Waals surface area contributed by atoms with Gasteiger partial charge in [0.05, 0.1) is 48.3 Å². The van der Waals surface area contributed by atoms with Crippen molar-refractivity contribution in [2.24, 2.45) is 10.3 Å². The van der Waals surface area contributed by atoms with Crippen LogP contribution in [0.3, 0.4) is 0 Å². The SMILES string of the molecule is NS(=O)(=O)c1ccc(NC(=O)CN(CCN2CC(=O)N(c3ccc(S(N)(=O)=O)cc3)C(=O)C2)CC(=O)CCCOCCC=O)cc1. The summed E-state index contributed by atoms with van der Waals surface area (Å²) in [6.45, 7) is 0.218. The first-order valence-electron chi connectivity index (χ1n) is 14.1. The lowest BCUT2D eigenvalue weighted by Gasteiger charge is -2.33. The number of aldehydes is 1. The number of nitrogens with one attached hydrogen (secondary N) is 1. The number of primary sulfonamides is 2. The first-order chi connectivity index (χ1) is 21.7. The van der Waals surface area contributed by atoms with Crippen LogP contribution in [-0.2, 0) is 48.8 Å². The van der Waals surface area contributed by atoms with Crippen LogP contribution < -0.4 is 20.5 Å². The fourth-order valence-corrected chi connectivity index (χ4v) is 5.54. The van der Waals surface area contributed by atoms with Crippen molar-refractivity contribution < 1.29 is 45.5 Å². The van der Waals surface area contributed by atoms with Crippen LogP contribution in [0.25, 0.3) is 0 Å². The number of nitrogens with two attached hydrogens (primary N) is 2. The van der Waals surface area contributed by atoms with E-state index >= 15 is 0 Å². The molecular formula is C28H36N6O10S2. The van der Waals surface area contributed by atoms with Crippen LogP contribution in [0.2, 0.25) is 0 Å². The fourth-order valence-electron chi connectivity index (χ4n) is 4.51. The number of carbonyl (C=O) groups excluding carboxylic acids is 5. The summed E-state index contributed by atoms with van der Waals surface area (Å²) in [6.07, 6.45) is 1.56. The van der Waals surface area contributed by atoms with Gasteiger partial charge in [-0.15, -0.1) is 0 Å². The first-order valence-corrected chi connectivity index (χ1v) is 17.2. The molecule has 1 aliphatic heterocycles. The van der Waals surface area contributed by atoms with Crippen molar-refractivity contribution in [2.75, 3.05) is 62.7 Å². The van der Waals surface area contributed by atoms with Gasteiger partial charge in [-0.1, -0.05) is 0 Å². The van der Waals surface area contributed by atoms with E-state index in [1.165, 1.54) is 48.5 Å². The van der Waals surface area contributed by atoms with Crippen LogP contribution in [0.5, 0.6) is 0 Å². The van der Waals surface area contributed by atoms with Crippen LogP contribution in [0, 0.1) is 0 Å². The van der Waals surface area contributed by atoms with Crippen molar-refractivity contribution in [1.82, 2.24) is 9.80 Å². The quantitative estimate of drug-likeness (QED) is 0.0982. The number of rotatable bonds is 18. The van der Waals surface area contributed by atoms with Gasteiger partial charge < -0.3 is 14.8 Å². The number of amides is 3. The number of Topliss-reactive ketones (excluding diaryl/α,β-unsaturated/α-hetero) is 1. The minimum atomic E-state index is -3.95. The summed E-state index contributed by atoms with van der Waals surface area (Å²) in [4.78, 5) is 65.6. The van der Waals surface area contributed by atoms with Crippen LogP contribution in [0.1, 0.15) is 19.3 Å². The average molecular weight is 681 g/mol. The molecule has 0 unspecified atom stereocenters. The van der Waals surface area contributed by atoms with Gasteiger partial charge in [-0.2, -0.15) is 0 Å². The zero-order valence-corrected chi connectivity index (χ0v) is 26.5.